The highest BCUT2D eigenvalue weighted by molar-refractivity contribution is 7.25. The molecular formula is C42H25NOS. The van der Waals surface area contributed by atoms with Crippen molar-refractivity contribution < 1.29 is 4.42 Å². The molecule has 0 unspecified atom stereocenters. The highest BCUT2D eigenvalue weighted by Crippen LogP contribution is 2.42. The molecule has 3 aromatic heterocycles. The first-order valence-corrected chi connectivity index (χ1v) is 16.1. The third-order valence-corrected chi connectivity index (χ3v) is 10.4. The van der Waals surface area contributed by atoms with E-state index in [-0.39, 0.29) is 0 Å². The third-order valence-electron chi connectivity index (χ3n) is 9.24. The molecule has 0 fully saturated rings. The maximum Gasteiger partial charge on any atom is 0.160 e. The Kier molecular flexibility index (Phi) is 5.19. The van der Waals surface area contributed by atoms with Gasteiger partial charge in [0.15, 0.2) is 5.58 Å². The van der Waals surface area contributed by atoms with Crippen molar-refractivity contribution in [3.8, 4) is 27.9 Å². The topological polar surface area (TPSA) is 18.1 Å². The van der Waals surface area contributed by atoms with Crippen LogP contribution < -0.4 is 0 Å². The molecule has 3 heterocycles. The summed E-state index contributed by atoms with van der Waals surface area (Å²) in [6.07, 6.45) is 0. The maximum atomic E-state index is 6.52. The summed E-state index contributed by atoms with van der Waals surface area (Å²) in [7, 11) is 0. The molecule has 10 rings (SSSR count). The molecule has 45 heavy (non-hydrogen) atoms. The third kappa shape index (κ3) is 3.62. The number of hydrogen-bond acceptors (Lipinski definition) is 2. The fourth-order valence-corrected chi connectivity index (χ4v) is 8.29. The smallest absolute Gasteiger partial charge is 0.160 e. The number of aromatic nitrogens is 1. The molecule has 0 atom stereocenters. The molecule has 0 radical (unpaired) electrons. The van der Waals surface area contributed by atoms with Gasteiger partial charge < -0.3 is 8.98 Å². The van der Waals surface area contributed by atoms with Crippen molar-refractivity contribution in [2.24, 2.45) is 0 Å². The zero-order valence-corrected chi connectivity index (χ0v) is 25.0. The Labute approximate surface area is 263 Å². The average Bonchev–Trinajstić information content (AvgIpc) is 3.78. The van der Waals surface area contributed by atoms with Gasteiger partial charge in [0.2, 0.25) is 0 Å². The van der Waals surface area contributed by atoms with Crippen molar-refractivity contribution in [1.29, 1.82) is 0 Å². The van der Waals surface area contributed by atoms with Gasteiger partial charge in [-0.2, -0.15) is 0 Å². The second kappa shape index (κ2) is 9.43. The number of furan rings is 1. The minimum atomic E-state index is 0.916. The first-order chi connectivity index (χ1) is 22.3. The second-order valence-corrected chi connectivity index (χ2v) is 12.8. The molecule has 0 spiro atoms. The van der Waals surface area contributed by atoms with Crippen LogP contribution in [0.5, 0.6) is 0 Å². The minimum Gasteiger partial charge on any atom is -0.454 e. The largest absolute Gasteiger partial charge is 0.454 e. The van der Waals surface area contributed by atoms with E-state index in [9.17, 15) is 0 Å². The van der Waals surface area contributed by atoms with E-state index in [0.717, 1.165) is 33.1 Å². The van der Waals surface area contributed by atoms with E-state index in [1.807, 2.05) is 17.4 Å². The lowest BCUT2D eigenvalue weighted by Gasteiger charge is -2.10. The summed E-state index contributed by atoms with van der Waals surface area (Å²) in [4.78, 5) is 0. The Morgan fingerprint density at radius 2 is 1.09 bits per heavy atom. The highest BCUT2D eigenvalue weighted by Gasteiger charge is 2.19. The second-order valence-electron chi connectivity index (χ2n) is 11.7. The van der Waals surface area contributed by atoms with Crippen LogP contribution >= 0.6 is 11.3 Å². The lowest BCUT2D eigenvalue weighted by atomic mass is 9.97. The van der Waals surface area contributed by atoms with Crippen LogP contribution in [-0.4, -0.2) is 4.57 Å². The van der Waals surface area contributed by atoms with E-state index in [0.29, 0.717) is 0 Å². The fourth-order valence-electron chi connectivity index (χ4n) is 7.16. The van der Waals surface area contributed by atoms with Crippen molar-refractivity contribution in [2.75, 3.05) is 0 Å². The van der Waals surface area contributed by atoms with Crippen LogP contribution in [0.4, 0.5) is 0 Å². The summed E-state index contributed by atoms with van der Waals surface area (Å²) in [6, 6.07) is 54.7. The molecule has 10 aromatic rings. The molecule has 0 saturated carbocycles. The summed E-state index contributed by atoms with van der Waals surface area (Å²) >= 11 is 1.87. The first kappa shape index (κ1) is 24.8. The molecule has 0 amide bonds. The van der Waals surface area contributed by atoms with Crippen LogP contribution in [0.1, 0.15) is 0 Å². The number of rotatable bonds is 3. The SMILES string of the molecule is c1ccc2c(c1)oc1c2ccc2c3ccccc3n(-c3ccc(-c4ccc(-c5cccc6sc7ccccc7c56)cc4)cc3)c21. The molecule has 0 saturated heterocycles. The molecule has 7 aromatic carbocycles. The van der Waals surface area contributed by atoms with Crippen LogP contribution in [-0.2, 0) is 0 Å². The number of para-hydroxylation sites is 2. The Balaban J connectivity index is 1.08. The van der Waals surface area contributed by atoms with Gasteiger partial charge in [0, 0.05) is 47.4 Å². The van der Waals surface area contributed by atoms with Crippen LogP contribution in [0.25, 0.3) is 91.9 Å². The van der Waals surface area contributed by atoms with E-state index in [2.05, 4.69) is 150 Å². The van der Waals surface area contributed by atoms with Gasteiger partial charge in [0.1, 0.15) is 5.58 Å². The molecule has 0 aliphatic rings. The molecule has 3 heteroatoms. The van der Waals surface area contributed by atoms with E-state index in [1.54, 1.807) is 0 Å². The summed E-state index contributed by atoms with van der Waals surface area (Å²) < 4.78 is 11.5. The summed E-state index contributed by atoms with van der Waals surface area (Å²) in [5, 5.41) is 7.39. The Morgan fingerprint density at radius 3 is 1.93 bits per heavy atom. The lowest BCUT2D eigenvalue weighted by molar-refractivity contribution is 0.671. The highest BCUT2D eigenvalue weighted by atomic mass is 32.1. The van der Waals surface area contributed by atoms with Crippen molar-refractivity contribution in [1.82, 2.24) is 4.57 Å². The van der Waals surface area contributed by atoms with Crippen molar-refractivity contribution in [3.05, 3.63) is 152 Å². The Bertz CT molecular complexity index is 2740. The van der Waals surface area contributed by atoms with Gasteiger partial charge >= 0.3 is 0 Å². The fraction of sp³-hybridized carbons (Fsp3) is 0. The van der Waals surface area contributed by atoms with E-state index < -0.39 is 0 Å². The van der Waals surface area contributed by atoms with Crippen molar-refractivity contribution in [3.63, 3.8) is 0 Å². The van der Waals surface area contributed by atoms with Gasteiger partial charge in [-0.1, -0.05) is 109 Å². The van der Waals surface area contributed by atoms with Crippen molar-refractivity contribution >= 4 is 75.3 Å². The standard InChI is InChI=1S/C42H25NOS/c1-4-12-36-31(8-1)33-24-25-34-32-9-2-5-13-37(32)44-42(34)41(33)43(36)29-22-20-27(21-23-29)26-16-18-28(19-17-26)30-11-7-15-39-40(30)35-10-3-6-14-38(35)45-39/h1-25H. The summed E-state index contributed by atoms with van der Waals surface area (Å²) in [5.41, 5.74) is 10.2. The number of nitrogens with zero attached hydrogens (tertiary/aromatic N) is 1. The first-order valence-electron chi connectivity index (χ1n) is 15.3. The summed E-state index contributed by atoms with van der Waals surface area (Å²) in [6.45, 7) is 0. The Morgan fingerprint density at radius 1 is 0.444 bits per heavy atom. The van der Waals surface area contributed by atoms with Gasteiger partial charge in [0.25, 0.3) is 0 Å². The molecule has 0 N–H and O–H groups in total. The molecule has 0 aliphatic heterocycles. The van der Waals surface area contributed by atoms with E-state index >= 15 is 0 Å². The zero-order valence-electron chi connectivity index (χ0n) is 24.2. The predicted octanol–water partition coefficient (Wildman–Crippen LogP) is 12.4. The zero-order chi connectivity index (χ0) is 29.5. The predicted molar refractivity (Wildman–Crippen MR) is 192 cm³/mol. The van der Waals surface area contributed by atoms with Crippen molar-refractivity contribution in [2.45, 2.75) is 0 Å². The van der Waals surface area contributed by atoms with Gasteiger partial charge in [-0.15, -0.1) is 11.3 Å². The van der Waals surface area contributed by atoms with Gasteiger partial charge in [-0.05, 0) is 64.7 Å². The molecule has 210 valence electrons. The quantitative estimate of drug-likeness (QED) is 0.200. The van der Waals surface area contributed by atoms with Crippen LogP contribution in [0.3, 0.4) is 0 Å². The minimum absolute atomic E-state index is 0.916. The average molecular weight is 592 g/mol. The molecule has 2 nitrogen and oxygen atoms in total. The van der Waals surface area contributed by atoms with Crippen LogP contribution in [0.15, 0.2) is 156 Å². The maximum absolute atomic E-state index is 6.52. The number of benzene rings is 7. The van der Waals surface area contributed by atoms with E-state index in [1.165, 1.54) is 58.7 Å². The summed E-state index contributed by atoms with van der Waals surface area (Å²) in [5.74, 6) is 0. The molecule has 0 bridgehead atoms. The molecular weight excluding hydrogens is 567 g/mol. The lowest BCUT2D eigenvalue weighted by Crippen LogP contribution is -1.94. The van der Waals surface area contributed by atoms with E-state index in [4.69, 9.17) is 4.42 Å². The van der Waals surface area contributed by atoms with Gasteiger partial charge in [0.05, 0.1) is 11.0 Å². The number of thiophene rings is 1. The van der Waals surface area contributed by atoms with Gasteiger partial charge in [-0.3, -0.25) is 0 Å². The molecule has 0 aliphatic carbocycles. The number of hydrogen-bond donors (Lipinski definition) is 0. The van der Waals surface area contributed by atoms with Crippen LogP contribution in [0.2, 0.25) is 0 Å². The monoisotopic (exact) mass is 591 g/mol. The van der Waals surface area contributed by atoms with Gasteiger partial charge in [-0.25, -0.2) is 0 Å². The van der Waals surface area contributed by atoms with Crippen LogP contribution in [0, 0.1) is 0 Å². The normalized spacial score (nSPS) is 12.0. The number of fused-ring (bicyclic) bond motifs is 10. The Hall–Kier alpha value is -5.64.